The summed E-state index contributed by atoms with van der Waals surface area (Å²) in [6.07, 6.45) is -0.802. The van der Waals surface area contributed by atoms with Crippen molar-refractivity contribution >= 4 is 0 Å². The highest BCUT2D eigenvalue weighted by Crippen LogP contribution is 2.34. The predicted octanol–water partition coefficient (Wildman–Crippen LogP) is 2.98. The lowest BCUT2D eigenvalue weighted by molar-refractivity contribution is 0.107. The Balaban J connectivity index is 1.67. The summed E-state index contributed by atoms with van der Waals surface area (Å²) in [5, 5.41) is 10.2. The third-order valence-corrected chi connectivity index (χ3v) is 3.32. The molecular formula is C16H15FO4. The van der Waals surface area contributed by atoms with Gasteiger partial charge in [-0.1, -0.05) is 6.07 Å². The van der Waals surface area contributed by atoms with E-state index in [0.29, 0.717) is 28.4 Å². The fourth-order valence-corrected chi connectivity index (χ4v) is 2.16. The van der Waals surface area contributed by atoms with E-state index < -0.39 is 6.10 Å². The molecule has 1 N–H and O–H groups in total. The smallest absolute Gasteiger partial charge is 0.231 e. The molecule has 1 unspecified atom stereocenters. The van der Waals surface area contributed by atoms with Gasteiger partial charge in [-0.25, -0.2) is 4.39 Å². The van der Waals surface area contributed by atoms with E-state index in [4.69, 9.17) is 14.2 Å². The average molecular weight is 290 g/mol. The third-order valence-electron chi connectivity index (χ3n) is 3.32. The maximum atomic E-state index is 13.0. The monoisotopic (exact) mass is 290 g/mol. The normalized spacial score (nSPS) is 14.0. The van der Waals surface area contributed by atoms with Gasteiger partial charge in [-0.2, -0.15) is 0 Å². The van der Waals surface area contributed by atoms with Crippen LogP contribution in [-0.4, -0.2) is 18.5 Å². The van der Waals surface area contributed by atoms with Crippen LogP contribution in [0.25, 0.3) is 0 Å². The number of fused-ring (bicyclic) bond motifs is 1. The molecule has 21 heavy (non-hydrogen) atoms. The van der Waals surface area contributed by atoms with Gasteiger partial charge in [0.2, 0.25) is 6.79 Å². The number of aryl methyl sites for hydroxylation is 1. The molecule has 4 nitrogen and oxygen atoms in total. The summed E-state index contributed by atoms with van der Waals surface area (Å²) in [4.78, 5) is 0. The first-order valence-corrected chi connectivity index (χ1v) is 6.60. The summed E-state index contributed by atoms with van der Waals surface area (Å²) in [5.74, 6) is 1.53. The molecule has 0 amide bonds. The number of rotatable bonds is 4. The summed E-state index contributed by atoms with van der Waals surface area (Å²) in [5.41, 5.74) is 1.37. The zero-order valence-corrected chi connectivity index (χ0v) is 11.5. The van der Waals surface area contributed by atoms with Crippen molar-refractivity contribution < 1.29 is 23.7 Å². The van der Waals surface area contributed by atoms with Crippen LogP contribution in [-0.2, 0) is 0 Å². The Hall–Kier alpha value is -2.27. The van der Waals surface area contributed by atoms with Crippen molar-refractivity contribution in [3.63, 3.8) is 0 Å². The van der Waals surface area contributed by atoms with E-state index in [1.165, 1.54) is 12.1 Å². The highest BCUT2D eigenvalue weighted by molar-refractivity contribution is 5.45. The van der Waals surface area contributed by atoms with Gasteiger partial charge in [0.15, 0.2) is 11.5 Å². The predicted molar refractivity (Wildman–Crippen MR) is 74.2 cm³/mol. The minimum Gasteiger partial charge on any atom is -0.490 e. The van der Waals surface area contributed by atoms with Gasteiger partial charge in [-0.15, -0.1) is 0 Å². The molecule has 1 heterocycles. The summed E-state index contributed by atoms with van der Waals surface area (Å²) < 4.78 is 29.0. The third kappa shape index (κ3) is 2.92. The van der Waals surface area contributed by atoms with Crippen LogP contribution in [0, 0.1) is 12.7 Å². The molecule has 1 atom stereocenters. The van der Waals surface area contributed by atoms with Crippen molar-refractivity contribution in [1.82, 2.24) is 0 Å². The molecule has 0 saturated heterocycles. The van der Waals surface area contributed by atoms with Gasteiger partial charge in [-0.05, 0) is 48.4 Å². The van der Waals surface area contributed by atoms with E-state index in [1.807, 2.05) is 0 Å². The molecule has 0 radical (unpaired) electrons. The first-order valence-electron chi connectivity index (χ1n) is 6.60. The van der Waals surface area contributed by atoms with E-state index in [1.54, 1.807) is 31.2 Å². The maximum absolute atomic E-state index is 13.0. The number of halogens is 1. The second kappa shape index (κ2) is 5.61. The van der Waals surface area contributed by atoms with E-state index in [2.05, 4.69) is 0 Å². The minimum atomic E-state index is -0.802. The molecular weight excluding hydrogens is 275 g/mol. The molecule has 0 saturated carbocycles. The van der Waals surface area contributed by atoms with E-state index >= 15 is 0 Å². The van der Waals surface area contributed by atoms with Crippen molar-refractivity contribution in [2.24, 2.45) is 0 Å². The van der Waals surface area contributed by atoms with Crippen LogP contribution < -0.4 is 14.2 Å². The lowest BCUT2D eigenvalue weighted by atomic mass is 10.1. The molecule has 2 aromatic rings. The Morgan fingerprint density at radius 1 is 1.19 bits per heavy atom. The number of ether oxygens (including phenoxy) is 3. The lowest BCUT2D eigenvalue weighted by Gasteiger charge is -2.14. The van der Waals surface area contributed by atoms with Crippen molar-refractivity contribution in [3.8, 4) is 17.2 Å². The quantitative estimate of drug-likeness (QED) is 0.940. The molecule has 0 aromatic heterocycles. The summed E-state index contributed by atoms with van der Waals surface area (Å²) in [6, 6.07) is 9.52. The standard InChI is InChI=1S/C16H15FO4/c1-10-6-12(17)3-5-14(10)19-8-13(18)11-2-4-15-16(7-11)21-9-20-15/h2-7,13,18H,8-9H2,1H3. The fourth-order valence-electron chi connectivity index (χ4n) is 2.16. The van der Waals surface area contributed by atoms with Crippen LogP contribution in [0.2, 0.25) is 0 Å². The highest BCUT2D eigenvalue weighted by atomic mass is 19.1. The second-order valence-corrected chi connectivity index (χ2v) is 4.85. The summed E-state index contributed by atoms with van der Waals surface area (Å²) in [6.45, 7) is 2.03. The van der Waals surface area contributed by atoms with E-state index in [0.717, 1.165) is 0 Å². The van der Waals surface area contributed by atoms with Crippen LogP contribution in [0.1, 0.15) is 17.2 Å². The molecule has 0 bridgehead atoms. The molecule has 5 heteroatoms. The Bertz CT molecular complexity index is 657. The van der Waals surface area contributed by atoms with Crippen molar-refractivity contribution in [3.05, 3.63) is 53.3 Å². The highest BCUT2D eigenvalue weighted by Gasteiger charge is 2.17. The Kier molecular flexibility index (Phi) is 3.66. The van der Waals surface area contributed by atoms with Crippen molar-refractivity contribution in [2.45, 2.75) is 13.0 Å². The number of aliphatic hydroxyl groups is 1. The van der Waals surface area contributed by atoms with Crippen LogP contribution in [0.4, 0.5) is 4.39 Å². The first-order chi connectivity index (χ1) is 10.1. The van der Waals surface area contributed by atoms with Gasteiger partial charge in [0.05, 0.1) is 0 Å². The first kappa shape index (κ1) is 13.7. The maximum Gasteiger partial charge on any atom is 0.231 e. The molecule has 1 aliphatic heterocycles. The number of hydrogen-bond donors (Lipinski definition) is 1. The molecule has 0 fully saturated rings. The largest absolute Gasteiger partial charge is 0.490 e. The number of hydrogen-bond acceptors (Lipinski definition) is 4. The zero-order chi connectivity index (χ0) is 14.8. The average Bonchev–Trinajstić information content (AvgIpc) is 2.93. The van der Waals surface area contributed by atoms with Gasteiger partial charge in [0.25, 0.3) is 0 Å². The Morgan fingerprint density at radius 3 is 2.81 bits per heavy atom. The number of benzene rings is 2. The van der Waals surface area contributed by atoms with E-state index in [-0.39, 0.29) is 19.2 Å². The van der Waals surface area contributed by atoms with Gasteiger partial charge in [0, 0.05) is 0 Å². The molecule has 3 rings (SSSR count). The van der Waals surface area contributed by atoms with Crippen molar-refractivity contribution in [2.75, 3.05) is 13.4 Å². The summed E-state index contributed by atoms with van der Waals surface area (Å²) >= 11 is 0. The van der Waals surface area contributed by atoms with Gasteiger partial charge < -0.3 is 19.3 Å². The van der Waals surface area contributed by atoms with Gasteiger partial charge in [0.1, 0.15) is 24.3 Å². The van der Waals surface area contributed by atoms with Gasteiger partial charge >= 0.3 is 0 Å². The lowest BCUT2D eigenvalue weighted by Crippen LogP contribution is -2.10. The molecule has 0 spiro atoms. The zero-order valence-electron chi connectivity index (χ0n) is 11.5. The number of aliphatic hydroxyl groups excluding tert-OH is 1. The van der Waals surface area contributed by atoms with Crippen molar-refractivity contribution in [1.29, 1.82) is 0 Å². The second-order valence-electron chi connectivity index (χ2n) is 4.85. The molecule has 1 aliphatic rings. The van der Waals surface area contributed by atoms with E-state index in [9.17, 15) is 9.50 Å². The van der Waals surface area contributed by atoms with Crippen LogP contribution >= 0.6 is 0 Å². The fraction of sp³-hybridized carbons (Fsp3) is 0.250. The van der Waals surface area contributed by atoms with Crippen LogP contribution in [0.15, 0.2) is 36.4 Å². The SMILES string of the molecule is Cc1cc(F)ccc1OCC(O)c1ccc2c(c1)OCO2. The minimum absolute atomic E-state index is 0.0755. The van der Waals surface area contributed by atoms with Gasteiger partial charge in [-0.3, -0.25) is 0 Å². The molecule has 0 aliphatic carbocycles. The Morgan fingerprint density at radius 2 is 2.00 bits per heavy atom. The molecule has 110 valence electrons. The summed E-state index contributed by atoms with van der Waals surface area (Å²) in [7, 11) is 0. The van der Waals surface area contributed by atoms with Crippen LogP contribution in [0.5, 0.6) is 17.2 Å². The molecule has 2 aromatic carbocycles. The van der Waals surface area contributed by atoms with Crippen LogP contribution in [0.3, 0.4) is 0 Å². The topological polar surface area (TPSA) is 47.9 Å². The Labute approximate surface area is 121 Å².